The van der Waals surface area contributed by atoms with Gasteiger partial charge in [0.05, 0.1) is 6.61 Å². The molecule has 0 amide bonds. The van der Waals surface area contributed by atoms with E-state index in [-0.39, 0.29) is 6.10 Å². The Bertz CT molecular complexity index is 1340. The molecule has 0 N–H and O–H groups in total. The molecule has 2 saturated heterocycles. The third-order valence-corrected chi connectivity index (χ3v) is 8.61. The first-order valence-corrected chi connectivity index (χ1v) is 15.1. The Morgan fingerprint density at radius 3 is 1.30 bits per heavy atom. The van der Waals surface area contributed by atoms with Crippen LogP contribution in [0.3, 0.4) is 0 Å². The second kappa shape index (κ2) is 12.8. The molecule has 4 aromatic carbocycles. The summed E-state index contributed by atoms with van der Waals surface area (Å²) in [6, 6.07) is 40.8. The number of ether oxygens (including phenoxy) is 4. The Kier molecular flexibility index (Phi) is 8.88. The minimum atomic E-state index is -1.06. The highest BCUT2D eigenvalue weighted by atomic mass is 16.7. The molecule has 6 nitrogen and oxygen atoms in total. The second-order valence-electron chi connectivity index (χ2n) is 11.6. The third-order valence-electron chi connectivity index (χ3n) is 8.61. The average molecular weight is 591 g/mol. The summed E-state index contributed by atoms with van der Waals surface area (Å²) in [4.78, 5) is 0. The molecular formula is C37H39BO6. The summed E-state index contributed by atoms with van der Waals surface area (Å²) in [5, 5.41) is 0. The van der Waals surface area contributed by atoms with E-state index in [0.29, 0.717) is 6.61 Å². The summed E-state index contributed by atoms with van der Waals surface area (Å²) in [5.41, 5.74) is 1.65. The summed E-state index contributed by atoms with van der Waals surface area (Å²) < 4.78 is 39.1. The minimum Gasteiger partial charge on any atom is -0.398 e. The molecule has 4 aromatic rings. The molecule has 0 spiro atoms. The van der Waals surface area contributed by atoms with Gasteiger partial charge in [-0.15, -0.1) is 0 Å². The van der Waals surface area contributed by atoms with E-state index in [1.54, 1.807) is 14.2 Å². The summed E-state index contributed by atoms with van der Waals surface area (Å²) >= 11 is 0. The predicted octanol–water partition coefficient (Wildman–Crippen LogP) is 6.69. The van der Waals surface area contributed by atoms with Gasteiger partial charge in [0.15, 0.2) is 5.79 Å². The Morgan fingerprint density at radius 2 is 1.00 bits per heavy atom. The topological polar surface area (TPSA) is 55.4 Å². The van der Waals surface area contributed by atoms with E-state index in [2.05, 4.69) is 48.5 Å². The summed E-state index contributed by atoms with van der Waals surface area (Å²) in [6.45, 7) is 4.28. The van der Waals surface area contributed by atoms with Crippen molar-refractivity contribution in [2.24, 2.45) is 0 Å². The van der Waals surface area contributed by atoms with E-state index in [9.17, 15) is 0 Å². The van der Waals surface area contributed by atoms with Gasteiger partial charge in [-0.05, 0) is 36.1 Å². The van der Waals surface area contributed by atoms with Crippen LogP contribution in [0.25, 0.3) is 0 Å². The van der Waals surface area contributed by atoms with Crippen molar-refractivity contribution < 1.29 is 28.3 Å². The molecule has 2 fully saturated rings. The van der Waals surface area contributed by atoms with Crippen molar-refractivity contribution in [3.63, 3.8) is 0 Å². The van der Waals surface area contributed by atoms with E-state index in [1.807, 2.05) is 98.7 Å². The van der Waals surface area contributed by atoms with Gasteiger partial charge in [-0.1, -0.05) is 133 Å². The maximum Gasteiger partial charge on any atom is 0.486 e. The lowest BCUT2D eigenvalue weighted by molar-refractivity contribution is -0.136. The van der Waals surface area contributed by atoms with Crippen LogP contribution in [0.4, 0.5) is 0 Å². The Morgan fingerprint density at radius 1 is 0.636 bits per heavy atom. The van der Waals surface area contributed by atoms with Crippen LogP contribution in [0.1, 0.15) is 36.1 Å². The van der Waals surface area contributed by atoms with Gasteiger partial charge in [0, 0.05) is 14.2 Å². The third kappa shape index (κ3) is 5.56. The van der Waals surface area contributed by atoms with E-state index in [4.69, 9.17) is 28.3 Å². The molecule has 0 saturated carbocycles. The molecule has 226 valence electrons. The van der Waals surface area contributed by atoms with Crippen molar-refractivity contribution in [1.82, 2.24) is 0 Å². The smallest absolute Gasteiger partial charge is 0.398 e. The zero-order chi connectivity index (χ0) is 30.6. The Hall–Kier alpha value is -3.56. The first-order chi connectivity index (χ1) is 21.4. The SMILES string of the molecule is COC(c1ccccc1)(c1ccccc1)[C@H]1OB(/C=C/[C@H]2COC(C)(C)O2)O[C@@H]1C(OC)(c1ccccc1)c1ccccc1. The zero-order valence-electron chi connectivity index (χ0n) is 25.7. The molecular weight excluding hydrogens is 551 g/mol. The molecule has 3 atom stereocenters. The highest BCUT2D eigenvalue weighted by Gasteiger charge is 2.61. The first-order valence-electron chi connectivity index (χ1n) is 15.1. The van der Waals surface area contributed by atoms with Gasteiger partial charge in [-0.25, -0.2) is 0 Å². The van der Waals surface area contributed by atoms with Crippen LogP contribution in [0, 0.1) is 0 Å². The fourth-order valence-electron chi connectivity index (χ4n) is 6.63. The van der Waals surface area contributed by atoms with Crippen LogP contribution in [0.2, 0.25) is 0 Å². The highest BCUT2D eigenvalue weighted by molar-refractivity contribution is 6.51. The van der Waals surface area contributed by atoms with Crippen molar-refractivity contribution >= 4 is 7.12 Å². The fourth-order valence-corrected chi connectivity index (χ4v) is 6.63. The lowest BCUT2D eigenvalue weighted by Gasteiger charge is -2.46. The van der Waals surface area contributed by atoms with E-state index >= 15 is 0 Å². The maximum atomic E-state index is 6.99. The van der Waals surface area contributed by atoms with E-state index in [0.717, 1.165) is 22.3 Å². The maximum absolute atomic E-state index is 6.99. The van der Waals surface area contributed by atoms with Gasteiger partial charge in [0.2, 0.25) is 0 Å². The average Bonchev–Trinajstić information content (AvgIpc) is 3.66. The largest absolute Gasteiger partial charge is 0.486 e. The van der Waals surface area contributed by atoms with Crippen LogP contribution < -0.4 is 0 Å². The molecule has 6 rings (SSSR count). The summed E-state index contributed by atoms with van der Waals surface area (Å²) in [6.07, 6.45) is 0.410. The van der Waals surface area contributed by atoms with Gasteiger partial charge in [0.25, 0.3) is 0 Å². The lowest BCUT2D eigenvalue weighted by atomic mass is 9.71. The predicted molar refractivity (Wildman–Crippen MR) is 171 cm³/mol. The van der Waals surface area contributed by atoms with Gasteiger partial charge in [-0.2, -0.15) is 0 Å². The molecule has 2 aliphatic heterocycles. The zero-order valence-corrected chi connectivity index (χ0v) is 25.7. The molecule has 0 bridgehead atoms. The van der Waals surface area contributed by atoms with Crippen LogP contribution in [-0.4, -0.2) is 52.0 Å². The Balaban J connectivity index is 1.55. The highest BCUT2D eigenvalue weighted by Crippen LogP contribution is 2.50. The molecule has 0 radical (unpaired) electrons. The molecule has 2 aliphatic rings. The summed E-state index contributed by atoms with van der Waals surface area (Å²) in [7, 11) is 2.74. The number of rotatable bonds is 10. The molecule has 44 heavy (non-hydrogen) atoms. The van der Waals surface area contributed by atoms with Crippen molar-refractivity contribution in [1.29, 1.82) is 0 Å². The van der Waals surface area contributed by atoms with Crippen LogP contribution in [-0.2, 0) is 39.5 Å². The second-order valence-corrected chi connectivity index (χ2v) is 11.6. The summed E-state index contributed by atoms with van der Waals surface area (Å²) in [5.74, 6) is 1.27. The number of benzene rings is 4. The fraction of sp³-hybridized carbons (Fsp3) is 0.297. The standard InChI is InChI=1S/C37H39BO6/c1-35(2)41-27-32(42-35)25-26-38-43-33(36(39-3,28-17-9-5-10-18-28)29-19-11-6-12-20-29)34(44-38)37(40-4,30-21-13-7-14-22-30)31-23-15-8-16-24-31/h5-26,32-34H,27H2,1-4H3/b26-25+/t32-,33-,34-/m0/s1. The van der Waals surface area contributed by atoms with E-state index in [1.165, 1.54) is 0 Å². The van der Waals surface area contributed by atoms with Crippen LogP contribution >= 0.6 is 0 Å². The molecule has 7 heteroatoms. The van der Waals surface area contributed by atoms with Gasteiger partial charge < -0.3 is 28.3 Å². The monoisotopic (exact) mass is 590 g/mol. The molecule has 0 aromatic heterocycles. The van der Waals surface area contributed by atoms with Crippen LogP contribution in [0.5, 0.6) is 0 Å². The lowest BCUT2D eigenvalue weighted by Crippen LogP contribution is -2.56. The number of hydrogen-bond donors (Lipinski definition) is 0. The minimum absolute atomic E-state index is 0.222. The van der Waals surface area contributed by atoms with Crippen molar-refractivity contribution in [2.45, 2.75) is 49.1 Å². The van der Waals surface area contributed by atoms with Crippen molar-refractivity contribution in [2.75, 3.05) is 20.8 Å². The molecule has 0 unspecified atom stereocenters. The number of methoxy groups -OCH3 is 2. The number of hydrogen-bond acceptors (Lipinski definition) is 6. The van der Waals surface area contributed by atoms with Gasteiger partial charge >= 0.3 is 7.12 Å². The molecule has 0 aliphatic carbocycles. The van der Waals surface area contributed by atoms with Gasteiger partial charge in [-0.3, -0.25) is 0 Å². The normalized spacial score (nSPS) is 22.1. The van der Waals surface area contributed by atoms with Crippen molar-refractivity contribution in [3.8, 4) is 0 Å². The van der Waals surface area contributed by atoms with Crippen LogP contribution in [0.15, 0.2) is 133 Å². The van der Waals surface area contributed by atoms with Crippen molar-refractivity contribution in [3.05, 3.63) is 156 Å². The van der Waals surface area contributed by atoms with E-state index < -0.39 is 36.3 Å². The van der Waals surface area contributed by atoms with Gasteiger partial charge in [0.1, 0.15) is 29.5 Å². The Labute approximate surface area is 260 Å². The molecule has 2 heterocycles. The quantitative estimate of drug-likeness (QED) is 0.192. The first kappa shape index (κ1) is 30.5.